The van der Waals surface area contributed by atoms with E-state index >= 15 is 0 Å². The van der Waals surface area contributed by atoms with Crippen LogP contribution in [-0.4, -0.2) is 21.8 Å². The van der Waals surface area contributed by atoms with E-state index in [2.05, 4.69) is 41.4 Å². The summed E-state index contributed by atoms with van der Waals surface area (Å²) < 4.78 is 5.00. The lowest BCUT2D eigenvalue weighted by Crippen LogP contribution is -2.21. The largest absolute Gasteiger partial charge is 0.387 e. The lowest BCUT2D eigenvalue weighted by Gasteiger charge is -2.12. The average molecular weight is 289 g/mol. The molecule has 1 unspecified atom stereocenters. The van der Waals surface area contributed by atoms with Crippen molar-refractivity contribution in [2.75, 3.05) is 6.54 Å². The SMILES string of the molecule is Cc1noc(CNCC(O)c2ccc(CC(C)C)cc2)n1. The zero-order valence-corrected chi connectivity index (χ0v) is 12.8. The minimum atomic E-state index is -0.540. The van der Waals surface area contributed by atoms with Crippen molar-refractivity contribution in [1.82, 2.24) is 15.5 Å². The second-order valence-corrected chi connectivity index (χ2v) is 5.72. The first-order valence-electron chi connectivity index (χ1n) is 7.31. The third kappa shape index (κ3) is 4.95. The van der Waals surface area contributed by atoms with Crippen molar-refractivity contribution in [3.63, 3.8) is 0 Å². The van der Waals surface area contributed by atoms with E-state index < -0.39 is 6.10 Å². The number of nitrogens with zero attached hydrogens (tertiary/aromatic N) is 2. The van der Waals surface area contributed by atoms with Gasteiger partial charge in [0.15, 0.2) is 5.82 Å². The topological polar surface area (TPSA) is 71.2 Å². The minimum absolute atomic E-state index is 0.449. The first-order chi connectivity index (χ1) is 10.0. The Labute approximate surface area is 125 Å². The number of benzene rings is 1. The first kappa shape index (κ1) is 15.7. The molecule has 2 N–H and O–H groups in total. The Morgan fingerprint density at radius 2 is 1.95 bits per heavy atom. The van der Waals surface area contributed by atoms with Gasteiger partial charge >= 0.3 is 0 Å². The zero-order valence-electron chi connectivity index (χ0n) is 12.8. The number of aliphatic hydroxyl groups excluding tert-OH is 1. The van der Waals surface area contributed by atoms with Crippen LogP contribution in [0.3, 0.4) is 0 Å². The van der Waals surface area contributed by atoms with E-state index in [-0.39, 0.29) is 0 Å². The van der Waals surface area contributed by atoms with Gasteiger partial charge in [0, 0.05) is 6.54 Å². The standard InChI is InChI=1S/C16H23N3O2/c1-11(2)8-13-4-6-14(7-5-13)15(20)9-17-10-16-18-12(3)19-21-16/h4-7,11,15,17,20H,8-10H2,1-3H3. The molecule has 1 atom stereocenters. The van der Waals surface area contributed by atoms with Gasteiger partial charge in [0.2, 0.25) is 5.89 Å². The summed E-state index contributed by atoms with van der Waals surface area (Å²) in [5, 5.41) is 17.0. The van der Waals surface area contributed by atoms with Crippen molar-refractivity contribution in [3.05, 3.63) is 47.1 Å². The lowest BCUT2D eigenvalue weighted by molar-refractivity contribution is 0.172. The van der Waals surface area contributed by atoms with Crippen molar-refractivity contribution >= 4 is 0 Å². The van der Waals surface area contributed by atoms with E-state index in [1.54, 1.807) is 6.92 Å². The number of hydrogen-bond donors (Lipinski definition) is 2. The smallest absolute Gasteiger partial charge is 0.240 e. The second-order valence-electron chi connectivity index (χ2n) is 5.72. The van der Waals surface area contributed by atoms with Crippen LogP contribution >= 0.6 is 0 Å². The van der Waals surface area contributed by atoms with Gasteiger partial charge in [0.1, 0.15) is 0 Å². The Morgan fingerprint density at radius 3 is 2.52 bits per heavy atom. The molecule has 21 heavy (non-hydrogen) atoms. The number of aliphatic hydroxyl groups is 1. The third-order valence-electron chi connectivity index (χ3n) is 3.19. The summed E-state index contributed by atoms with van der Waals surface area (Å²) in [6, 6.07) is 8.14. The van der Waals surface area contributed by atoms with Gasteiger partial charge in [-0.05, 0) is 30.4 Å². The molecular weight excluding hydrogens is 266 g/mol. The molecule has 1 aromatic heterocycles. The maximum absolute atomic E-state index is 10.1. The van der Waals surface area contributed by atoms with Crippen LogP contribution in [0.15, 0.2) is 28.8 Å². The van der Waals surface area contributed by atoms with Crippen LogP contribution in [0.2, 0.25) is 0 Å². The molecule has 2 aromatic rings. The fourth-order valence-electron chi connectivity index (χ4n) is 2.19. The van der Waals surface area contributed by atoms with Gasteiger partial charge in [-0.25, -0.2) is 0 Å². The van der Waals surface area contributed by atoms with Crippen LogP contribution in [0.5, 0.6) is 0 Å². The predicted molar refractivity (Wildman–Crippen MR) is 80.7 cm³/mol. The molecule has 0 bridgehead atoms. The van der Waals surface area contributed by atoms with Crippen molar-refractivity contribution in [2.45, 2.75) is 39.8 Å². The highest BCUT2D eigenvalue weighted by Crippen LogP contribution is 2.15. The van der Waals surface area contributed by atoms with E-state index in [0.29, 0.717) is 30.7 Å². The number of nitrogens with one attached hydrogen (secondary N) is 1. The second kappa shape index (κ2) is 7.33. The Morgan fingerprint density at radius 1 is 1.24 bits per heavy atom. The summed E-state index contributed by atoms with van der Waals surface area (Å²) in [7, 11) is 0. The lowest BCUT2D eigenvalue weighted by atomic mass is 10.0. The Bertz CT molecular complexity index is 549. The molecule has 0 spiro atoms. The van der Waals surface area contributed by atoms with E-state index in [1.165, 1.54) is 5.56 Å². The molecule has 114 valence electrons. The Kier molecular flexibility index (Phi) is 5.47. The van der Waals surface area contributed by atoms with Gasteiger partial charge in [-0.1, -0.05) is 43.3 Å². The number of aromatic nitrogens is 2. The maximum Gasteiger partial charge on any atom is 0.240 e. The summed E-state index contributed by atoms with van der Waals surface area (Å²) in [6.07, 6.45) is 0.521. The van der Waals surface area contributed by atoms with Crippen LogP contribution in [0.4, 0.5) is 0 Å². The van der Waals surface area contributed by atoms with Crippen LogP contribution in [0.1, 0.15) is 42.8 Å². The van der Waals surface area contributed by atoms with Gasteiger partial charge < -0.3 is 14.9 Å². The molecule has 0 amide bonds. The molecule has 0 saturated heterocycles. The number of aryl methyl sites for hydroxylation is 1. The molecule has 0 aliphatic carbocycles. The zero-order chi connectivity index (χ0) is 15.2. The first-order valence-corrected chi connectivity index (χ1v) is 7.31. The number of hydrogen-bond acceptors (Lipinski definition) is 5. The van der Waals surface area contributed by atoms with Gasteiger partial charge in [-0.3, -0.25) is 0 Å². The van der Waals surface area contributed by atoms with Gasteiger partial charge in [-0.2, -0.15) is 4.98 Å². The monoisotopic (exact) mass is 289 g/mol. The summed E-state index contributed by atoms with van der Waals surface area (Å²) in [5.41, 5.74) is 2.21. The molecule has 0 saturated carbocycles. The van der Waals surface area contributed by atoms with Crippen molar-refractivity contribution in [2.24, 2.45) is 5.92 Å². The molecule has 0 fully saturated rings. The van der Waals surface area contributed by atoms with Crippen molar-refractivity contribution < 1.29 is 9.63 Å². The van der Waals surface area contributed by atoms with Crippen LogP contribution < -0.4 is 5.32 Å². The van der Waals surface area contributed by atoms with Crippen molar-refractivity contribution in [3.8, 4) is 0 Å². The molecule has 1 aromatic carbocycles. The summed E-state index contributed by atoms with van der Waals surface area (Å²) in [4.78, 5) is 4.10. The molecule has 1 heterocycles. The van der Waals surface area contributed by atoms with Crippen LogP contribution in [0, 0.1) is 12.8 Å². The van der Waals surface area contributed by atoms with E-state index in [4.69, 9.17) is 4.52 Å². The molecule has 5 nitrogen and oxygen atoms in total. The van der Waals surface area contributed by atoms with E-state index in [0.717, 1.165) is 12.0 Å². The van der Waals surface area contributed by atoms with Gasteiger partial charge in [0.25, 0.3) is 0 Å². The molecule has 0 radical (unpaired) electrons. The fourth-order valence-corrected chi connectivity index (χ4v) is 2.19. The maximum atomic E-state index is 10.1. The quantitative estimate of drug-likeness (QED) is 0.819. The van der Waals surface area contributed by atoms with E-state index in [1.807, 2.05) is 12.1 Å². The predicted octanol–water partition coefficient (Wildman–Crippen LogP) is 2.40. The molecule has 0 aliphatic rings. The molecule has 5 heteroatoms. The highest BCUT2D eigenvalue weighted by Gasteiger charge is 2.09. The summed E-state index contributed by atoms with van der Waals surface area (Å²) >= 11 is 0. The highest BCUT2D eigenvalue weighted by atomic mass is 16.5. The molecular formula is C16H23N3O2. The third-order valence-corrected chi connectivity index (χ3v) is 3.19. The fraction of sp³-hybridized carbons (Fsp3) is 0.500. The normalized spacial score (nSPS) is 12.8. The summed E-state index contributed by atoms with van der Waals surface area (Å²) in [6.45, 7) is 7.09. The van der Waals surface area contributed by atoms with Crippen LogP contribution in [0.25, 0.3) is 0 Å². The Balaban J connectivity index is 1.81. The van der Waals surface area contributed by atoms with Crippen LogP contribution in [-0.2, 0) is 13.0 Å². The highest BCUT2D eigenvalue weighted by molar-refractivity contribution is 5.24. The van der Waals surface area contributed by atoms with Crippen molar-refractivity contribution in [1.29, 1.82) is 0 Å². The Hall–Kier alpha value is -1.72. The average Bonchev–Trinajstić information content (AvgIpc) is 2.84. The molecule has 0 aliphatic heterocycles. The van der Waals surface area contributed by atoms with E-state index in [9.17, 15) is 5.11 Å². The van der Waals surface area contributed by atoms with Gasteiger partial charge in [0.05, 0.1) is 12.6 Å². The number of rotatable bonds is 7. The minimum Gasteiger partial charge on any atom is -0.387 e. The summed E-state index contributed by atoms with van der Waals surface area (Å²) in [5.74, 6) is 1.79. The molecule has 2 rings (SSSR count). The van der Waals surface area contributed by atoms with Gasteiger partial charge in [-0.15, -0.1) is 0 Å².